The van der Waals surface area contributed by atoms with E-state index in [1.807, 2.05) is 54.6 Å². The Balaban J connectivity index is 1.61. The SMILES string of the molecule is O=C(Nc1ccc(C(c2ccccc2)c2ccccc2)cc1)c1ccccc1. The molecule has 4 rings (SSSR count). The van der Waals surface area contributed by atoms with E-state index in [4.69, 9.17) is 0 Å². The second-order valence-electron chi connectivity index (χ2n) is 6.70. The Kier molecular flexibility index (Phi) is 5.30. The molecule has 2 nitrogen and oxygen atoms in total. The molecule has 0 aliphatic heterocycles. The molecule has 4 aromatic rings. The summed E-state index contributed by atoms with van der Waals surface area (Å²) in [6.07, 6.45) is 0. The molecule has 0 radical (unpaired) electrons. The number of hydrogen-bond acceptors (Lipinski definition) is 1. The van der Waals surface area contributed by atoms with E-state index in [1.165, 1.54) is 16.7 Å². The van der Waals surface area contributed by atoms with Crippen LogP contribution in [0.4, 0.5) is 5.69 Å². The Morgan fingerprint density at radius 2 is 0.964 bits per heavy atom. The third-order valence-corrected chi connectivity index (χ3v) is 4.80. The molecule has 0 atom stereocenters. The summed E-state index contributed by atoms with van der Waals surface area (Å²) in [6.45, 7) is 0. The van der Waals surface area contributed by atoms with Crippen molar-refractivity contribution in [1.82, 2.24) is 0 Å². The molecule has 0 saturated carbocycles. The fourth-order valence-electron chi connectivity index (χ4n) is 3.42. The van der Waals surface area contributed by atoms with Crippen LogP contribution in [0, 0.1) is 0 Å². The molecular weight excluding hydrogens is 342 g/mol. The summed E-state index contributed by atoms with van der Waals surface area (Å²) in [5.41, 5.74) is 5.12. The van der Waals surface area contributed by atoms with Crippen LogP contribution >= 0.6 is 0 Å². The Bertz CT molecular complexity index is 987. The quantitative estimate of drug-likeness (QED) is 0.425. The first kappa shape index (κ1) is 17.7. The molecular formula is C26H21NO. The summed E-state index contributed by atoms with van der Waals surface area (Å²) in [4.78, 5) is 12.4. The number of anilines is 1. The lowest BCUT2D eigenvalue weighted by Crippen LogP contribution is -2.11. The highest BCUT2D eigenvalue weighted by Crippen LogP contribution is 2.32. The van der Waals surface area contributed by atoms with Gasteiger partial charge >= 0.3 is 0 Å². The maximum Gasteiger partial charge on any atom is 0.255 e. The molecule has 0 fully saturated rings. The molecule has 1 amide bonds. The van der Waals surface area contributed by atoms with Gasteiger partial charge in [0.25, 0.3) is 5.91 Å². The lowest BCUT2D eigenvalue weighted by molar-refractivity contribution is 0.102. The van der Waals surface area contributed by atoms with Crippen LogP contribution < -0.4 is 5.32 Å². The molecule has 0 unspecified atom stereocenters. The van der Waals surface area contributed by atoms with Gasteiger partial charge < -0.3 is 5.32 Å². The summed E-state index contributed by atoms with van der Waals surface area (Å²) in [6, 6.07) is 38.3. The Morgan fingerprint density at radius 3 is 1.46 bits per heavy atom. The fourth-order valence-corrected chi connectivity index (χ4v) is 3.42. The third kappa shape index (κ3) is 4.02. The number of amides is 1. The smallest absolute Gasteiger partial charge is 0.255 e. The van der Waals surface area contributed by atoms with Gasteiger partial charge in [-0.1, -0.05) is 91.0 Å². The van der Waals surface area contributed by atoms with E-state index in [-0.39, 0.29) is 11.8 Å². The van der Waals surface area contributed by atoms with Crippen molar-refractivity contribution >= 4 is 11.6 Å². The average molecular weight is 363 g/mol. The summed E-state index contributed by atoms with van der Waals surface area (Å²) < 4.78 is 0. The van der Waals surface area contributed by atoms with Gasteiger partial charge in [0.15, 0.2) is 0 Å². The maximum absolute atomic E-state index is 12.4. The normalized spacial score (nSPS) is 10.6. The van der Waals surface area contributed by atoms with Crippen molar-refractivity contribution in [3.05, 3.63) is 138 Å². The first-order valence-corrected chi connectivity index (χ1v) is 9.37. The van der Waals surface area contributed by atoms with E-state index in [0.29, 0.717) is 5.56 Å². The van der Waals surface area contributed by atoms with Crippen molar-refractivity contribution in [3.63, 3.8) is 0 Å². The second-order valence-corrected chi connectivity index (χ2v) is 6.70. The van der Waals surface area contributed by atoms with E-state index in [0.717, 1.165) is 5.69 Å². The zero-order valence-electron chi connectivity index (χ0n) is 15.5. The summed E-state index contributed by atoms with van der Waals surface area (Å²) >= 11 is 0. The van der Waals surface area contributed by atoms with Gasteiger partial charge in [0, 0.05) is 17.2 Å². The zero-order chi connectivity index (χ0) is 19.2. The minimum atomic E-state index is -0.101. The third-order valence-electron chi connectivity index (χ3n) is 4.80. The Labute approximate surface area is 165 Å². The van der Waals surface area contributed by atoms with Crippen LogP contribution in [0.3, 0.4) is 0 Å². The predicted octanol–water partition coefficient (Wildman–Crippen LogP) is 6.12. The highest BCUT2D eigenvalue weighted by molar-refractivity contribution is 6.04. The minimum Gasteiger partial charge on any atom is -0.322 e. The van der Waals surface area contributed by atoms with Gasteiger partial charge in [0.2, 0.25) is 0 Å². The van der Waals surface area contributed by atoms with Gasteiger partial charge in [-0.05, 0) is 41.0 Å². The van der Waals surface area contributed by atoms with Gasteiger partial charge in [-0.3, -0.25) is 4.79 Å². The topological polar surface area (TPSA) is 29.1 Å². The Morgan fingerprint density at radius 1 is 0.536 bits per heavy atom. The second kappa shape index (κ2) is 8.36. The highest BCUT2D eigenvalue weighted by atomic mass is 16.1. The van der Waals surface area contributed by atoms with Gasteiger partial charge in [-0.25, -0.2) is 0 Å². The first-order chi connectivity index (χ1) is 13.8. The van der Waals surface area contributed by atoms with E-state index >= 15 is 0 Å². The summed E-state index contributed by atoms with van der Waals surface area (Å²) in [7, 11) is 0. The van der Waals surface area contributed by atoms with Crippen LogP contribution in [0.25, 0.3) is 0 Å². The number of benzene rings is 4. The monoisotopic (exact) mass is 363 g/mol. The van der Waals surface area contributed by atoms with Crippen LogP contribution in [0.5, 0.6) is 0 Å². The van der Waals surface area contributed by atoms with Crippen molar-refractivity contribution in [2.45, 2.75) is 5.92 Å². The van der Waals surface area contributed by atoms with Crippen LogP contribution in [0.15, 0.2) is 115 Å². The minimum absolute atomic E-state index is 0.101. The number of carbonyl (C=O) groups excluding carboxylic acids is 1. The molecule has 4 aromatic carbocycles. The van der Waals surface area contributed by atoms with Crippen molar-refractivity contribution in [3.8, 4) is 0 Å². The average Bonchev–Trinajstić information content (AvgIpc) is 2.77. The van der Waals surface area contributed by atoms with Crippen molar-refractivity contribution in [2.75, 3.05) is 5.32 Å². The molecule has 28 heavy (non-hydrogen) atoms. The van der Waals surface area contributed by atoms with Crippen LogP contribution in [0.1, 0.15) is 33.0 Å². The number of nitrogens with one attached hydrogen (secondary N) is 1. The summed E-state index contributed by atoms with van der Waals surface area (Å²) in [5.74, 6) is 0.0530. The molecule has 136 valence electrons. The van der Waals surface area contributed by atoms with E-state index in [2.05, 4.69) is 66.0 Å². The van der Waals surface area contributed by atoms with Crippen molar-refractivity contribution < 1.29 is 4.79 Å². The molecule has 2 heteroatoms. The van der Waals surface area contributed by atoms with Gasteiger partial charge in [0.05, 0.1) is 0 Å². The predicted molar refractivity (Wildman–Crippen MR) is 115 cm³/mol. The largest absolute Gasteiger partial charge is 0.322 e. The fraction of sp³-hybridized carbons (Fsp3) is 0.0385. The van der Waals surface area contributed by atoms with Crippen LogP contribution in [0.2, 0.25) is 0 Å². The molecule has 1 N–H and O–H groups in total. The van der Waals surface area contributed by atoms with Crippen LogP contribution in [-0.4, -0.2) is 5.91 Å². The molecule has 0 saturated heterocycles. The van der Waals surface area contributed by atoms with E-state index < -0.39 is 0 Å². The number of rotatable bonds is 5. The highest BCUT2D eigenvalue weighted by Gasteiger charge is 2.16. The Hall–Kier alpha value is -3.65. The molecule has 0 bridgehead atoms. The lowest BCUT2D eigenvalue weighted by atomic mass is 9.85. The van der Waals surface area contributed by atoms with Crippen molar-refractivity contribution in [2.24, 2.45) is 0 Å². The van der Waals surface area contributed by atoms with Gasteiger partial charge in [-0.15, -0.1) is 0 Å². The van der Waals surface area contributed by atoms with Gasteiger partial charge in [-0.2, -0.15) is 0 Å². The first-order valence-electron chi connectivity index (χ1n) is 9.37. The molecule has 0 aliphatic rings. The standard InChI is InChI=1S/C26H21NO/c28-26(23-14-8-3-9-15-23)27-24-18-16-22(17-19-24)25(20-10-4-1-5-11-20)21-12-6-2-7-13-21/h1-19,25H,(H,27,28). The summed E-state index contributed by atoms with van der Waals surface area (Å²) in [5, 5.41) is 2.96. The number of carbonyl (C=O) groups is 1. The van der Waals surface area contributed by atoms with Gasteiger partial charge in [0.1, 0.15) is 0 Å². The molecule has 0 aliphatic carbocycles. The molecule has 0 aromatic heterocycles. The van der Waals surface area contributed by atoms with Crippen molar-refractivity contribution in [1.29, 1.82) is 0 Å². The van der Waals surface area contributed by atoms with E-state index in [1.54, 1.807) is 0 Å². The zero-order valence-corrected chi connectivity index (χ0v) is 15.5. The number of hydrogen-bond donors (Lipinski definition) is 1. The maximum atomic E-state index is 12.4. The van der Waals surface area contributed by atoms with Crippen LogP contribution in [-0.2, 0) is 0 Å². The lowest BCUT2D eigenvalue weighted by Gasteiger charge is -2.19. The molecule has 0 spiro atoms. The molecule has 0 heterocycles. The van der Waals surface area contributed by atoms with E-state index in [9.17, 15) is 4.79 Å².